The molecule has 0 aliphatic rings. The standard InChI is InChI=1S/C14H21BrIN/c1-4-10(5-2)8-14(17-3)12-9-11(16)6-7-13(12)15/h6-7,9-10,14,17H,4-5,8H2,1-3H3. The minimum Gasteiger partial charge on any atom is -0.313 e. The number of rotatable bonds is 6. The summed E-state index contributed by atoms with van der Waals surface area (Å²) in [5.74, 6) is 0.803. The molecule has 1 aromatic rings. The molecule has 0 spiro atoms. The molecule has 1 nitrogen and oxygen atoms in total. The maximum absolute atomic E-state index is 3.66. The Bertz CT molecular complexity index is 350. The summed E-state index contributed by atoms with van der Waals surface area (Å²) < 4.78 is 2.51. The van der Waals surface area contributed by atoms with E-state index in [0.717, 1.165) is 5.92 Å². The lowest BCUT2D eigenvalue weighted by atomic mass is 9.91. The molecule has 1 rings (SSSR count). The van der Waals surface area contributed by atoms with E-state index < -0.39 is 0 Å². The Kier molecular flexibility index (Phi) is 7.04. The Balaban J connectivity index is 2.89. The van der Waals surface area contributed by atoms with Crippen molar-refractivity contribution in [1.82, 2.24) is 5.32 Å². The molecule has 0 bridgehead atoms. The maximum Gasteiger partial charge on any atom is 0.0331 e. The zero-order valence-electron chi connectivity index (χ0n) is 10.8. The zero-order valence-corrected chi connectivity index (χ0v) is 14.5. The van der Waals surface area contributed by atoms with Gasteiger partial charge in [-0.1, -0.05) is 42.6 Å². The normalized spacial score (nSPS) is 13.1. The summed E-state index contributed by atoms with van der Waals surface area (Å²) in [4.78, 5) is 0. The second kappa shape index (κ2) is 7.74. The van der Waals surface area contributed by atoms with Crippen LogP contribution in [0.4, 0.5) is 0 Å². The molecule has 17 heavy (non-hydrogen) atoms. The van der Waals surface area contributed by atoms with Gasteiger partial charge < -0.3 is 5.32 Å². The Morgan fingerprint density at radius 2 is 1.94 bits per heavy atom. The highest BCUT2D eigenvalue weighted by atomic mass is 127. The Labute approximate surface area is 127 Å². The molecular formula is C14H21BrIN. The van der Waals surface area contributed by atoms with Gasteiger partial charge >= 0.3 is 0 Å². The van der Waals surface area contributed by atoms with Gasteiger partial charge in [-0.2, -0.15) is 0 Å². The van der Waals surface area contributed by atoms with E-state index in [-0.39, 0.29) is 0 Å². The molecule has 0 amide bonds. The second-order valence-corrected chi connectivity index (χ2v) is 6.53. The van der Waals surface area contributed by atoms with Crippen LogP contribution in [0.15, 0.2) is 22.7 Å². The van der Waals surface area contributed by atoms with Crippen LogP contribution in [0, 0.1) is 9.49 Å². The van der Waals surface area contributed by atoms with Gasteiger partial charge in [0.05, 0.1) is 0 Å². The van der Waals surface area contributed by atoms with Crippen LogP contribution < -0.4 is 5.32 Å². The first-order valence-electron chi connectivity index (χ1n) is 6.24. The number of hydrogen-bond donors (Lipinski definition) is 1. The summed E-state index contributed by atoms with van der Waals surface area (Å²) in [6, 6.07) is 7.00. The number of hydrogen-bond acceptors (Lipinski definition) is 1. The maximum atomic E-state index is 3.66. The SMILES string of the molecule is CCC(CC)CC(NC)c1cc(I)ccc1Br. The molecule has 0 heterocycles. The van der Waals surface area contributed by atoms with E-state index >= 15 is 0 Å². The molecule has 0 fully saturated rings. The van der Waals surface area contributed by atoms with Gasteiger partial charge in [-0.05, 0) is 65.7 Å². The van der Waals surface area contributed by atoms with Crippen LogP contribution in [0.1, 0.15) is 44.7 Å². The van der Waals surface area contributed by atoms with Crippen molar-refractivity contribution in [2.24, 2.45) is 5.92 Å². The number of nitrogens with one attached hydrogen (secondary N) is 1. The van der Waals surface area contributed by atoms with Gasteiger partial charge in [0.1, 0.15) is 0 Å². The van der Waals surface area contributed by atoms with Crippen LogP contribution in [0.3, 0.4) is 0 Å². The molecule has 1 N–H and O–H groups in total. The quantitative estimate of drug-likeness (QED) is 0.641. The topological polar surface area (TPSA) is 12.0 Å². The fourth-order valence-electron chi connectivity index (χ4n) is 2.14. The smallest absolute Gasteiger partial charge is 0.0331 e. The molecule has 0 aliphatic carbocycles. The van der Waals surface area contributed by atoms with Crippen LogP contribution in [-0.4, -0.2) is 7.05 Å². The Morgan fingerprint density at radius 1 is 1.29 bits per heavy atom. The van der Waals surface area contributed by atoms with Crippen LogP contribution in [0.2, 0.25) is 0 Å². The fraction of sp³-hybridized carbons (Fsp3) is 0.571. The van der Waals surface area contributed by atoms with E-state index in [2.05, 4.69) is 82.9 Å². The van der Waals surface area contributed by atoms with Gasteiger partial charge in [0, 0.05) is 14.1 Å². The summed E-state index contributed by atoms with van der Waals surface area (Å²) in [6.07, 6.45) is 3.73. The van der Waals surface area contributed by atoms with Crippen LogP contribution in [0.25, 0.3) is 0 Å². The summed E-state index contributed by atoms with van der Waals surface area (Å²) >= 11 is 6.04. The van der Waals surface area contributed by atoms with Gasteiger partial charge in [0.15, 0.2) is 0 Å². The van der Waals surface area contributed by atoms with Crippen molar-refractivity contribution in [2.45, 2.75) is 39.2 Å². The van der Waals surface area contributed by atoms with E-state index in [9.17, 15) is 0 Å². The third-order valence-corrected chi connectivity index (χ3v) is 4.80. The molecule has 1 unspecified atom stereocenters. The average molecular weight is 410 g/mol. The van der Waals surface area contributed by atoms with Crippen molar-refractivity contribution in [3.8, 4) is 0 Å². The first kappa shape index (κ1) is 15.4. The van der Waals surface area contributed by atoms with Crippen molar-refractivity contribution in [3.63, 3.8) is 0 Å². The summed E-state index contributed by atoms with van der Waals surface area (Å²) in [5.41, 5.74) is 1.38. The lowest BCUT2D eigenvalue weighted by molar-refractivity contribution is 0.384. The van der Waals surface area contributed by atoms with E-state index in [1.165, 1.54) is 32.9 Å². The second-order valence-electron chi connectivity index (χ2n) is 4.43. The molecule has 3 heteroatoms. The van der Waals surface area contributed by atoms with Crippen molar-refractivity contribution < 1.29 is 0 Å². The highest BCUT2D eigenvalue weighted by molar-refractivity contribution is 14.1. The molecule has 1 atom stereocenters. The van der Waals surface area contributed by atoms with E-state index in [4.69, 9.17) is 0 Å². The molecule has 0 saturated heterocycles. The van der Waals surface area contributed by atoms with Crippen LogP contribution in [-0.2, 0) is 0 Å². The summed E-state index contributed by atoms with van der Waals surface area (Å²) in [5, 5.41) is 3.45. The highest BCUT2D eigenvalue weighted by Crippen LogP contribution is 2.31. The van der Waals surface area contributed by atoms with Gasteiger partial charge in [-0.25, -0.2) is 0 Å². The first-order chi connectivity index (χ1) is 8.12. The van der Waals surface area contributed by atoms with Crippen LogP contribution in [0.5, 0.6) is 0 Å². The Morgan fingerprint density at radius 3 is 2.47 bits per heavy atom. The molecular weight excluding hydrogens is 389 g/mol. The number of benzene rings is 1. The highest BCUT2D eigenvalue weighted by Gasteiger charge is 2.16. The molecule has 96 valence electrons. The van der Waals surface area contributed by atoms with E-state index in [1.807, 2.05) is 0 Å². The van der Waals surface area contributed by atoms with E-state index in [0.29, 0.717) is 6.04 Å². The third kappa shape index (κ3) is 4.52. The first-order valence-corrected chi connectivity index (χ1v) is 8.11. The van der Waals surface area contributed by atoms with E-state index in [1.54, 1.807) is 0 Å². The molecule has 0 aromatic heterocycles. The fourth-order valence-corrected chi connectivity index (χ4v) is 3.18. The summed E-state index contributed by atoms with van der Waals surface area (Å²) in [7, 11) is 2.05. The zero-order chi connectivity index (χ0) is 12.8. The van der Waals surface area contributed by atoms with Gasteiger partial charge in [-0.3, -0.25) is 0 Å². The predicted octanol–water partition coefficient (Wildman–Crippen LogP) is 5.14. The van der Waals surface area contributed by atoms with Gasteiger partial charge in [-0.15, -0.1) is 0 Å². The van der Waals surface area contributed by atoms with Crippen molar-refractivity contribution >= 4 is 38.5 Å². The van der Waals surface area contributed by atoms with Gasteiger partial charge in [0.25, 0.3) is 0 Å². The Hall–Kier alpha value is 0.390. The van der Waals surface area contributed by atoms with Gasteiger partial charge in [0.2, 0.25) is 0 Å². The minimum absolute atomic E-state index is 0.448. The molecule has 0 radical (unpaired) electrons. The monoisotopic (exact) mass is 409 g/mol. The lowest BCUT2D eigenvalue weighted by Gasteiger charge is -2.23. The summed E-state index contributed by atoms with van der Waals surface area (Å²) in [6.45, 7) is 4.56. The lowest BCUT2D eigenvalue weighted by Crippen LogP contribution is -2.20. The van der Waals surface area contributed by atoms with Crippen molar-refractivity contribution in [2.75, 3.05) is 7.05 Å². The van der Waals surface area contributed by atoms with Crippen molar-refractivity contribution in [1.29, 1.82) is 0 Å². The largest absolute Gasteiger partial charge is 0.313 e. The average Bonchev–Trinajstić information content (AvgIpc) is 2.34. The minimum atomic E-state index is 0.448. The molecule has 0 saturated carbocycles. The molecule has 0 aliphatic heterocycles. The molecule has 1 aromatic carbocycles. The third-order valence-electron chi connectivity index (χ3n) is 3.41. The van der Waals surface area contributed by atoms with Crippen LogP contribution >= 0.6 is 38.5 Å². The number of halogens is 2. The predicted molar refractivity (Wildman–Crippen MR) is 87.3 cm³/mol. The van der Waals surface area contributed by atoms with Crippen molar-refractivity contribution in [3.05, 3.63) is 31.8 Å².